The first kappa shape index (κ1) is 15.3. The van der Waals surface area contributed by atoms with Crippen LogP contribution in [-0.2, 0) is 4.79 Å². The lowest BCUT2D eigenvalue weighted by Crippen LogP contribution is -2.34. The van der Waals surface area contributed by atoms with Crippen LogP contribution >= 0.6 is 0 Å². The van der Waals surface area contributed by atoms with Gasteiger partial charge in [0.15, 0.2) is 0 Å². The van der Waals surface area contributed by atoms with E-state index in [1.165, 1.54) is 0 Å². The van der Waals surface area contributed by atoms with Crippen molar-refractivity contribution in [2.75, 3.05) is 26.2 Å². The number of aliphatic carboxylic acids is 1. The predicted octanol–water partition coefficient (Wildman–Crippen LogP) is 3.02. The molecule has 0 aliphatic rings. The van der Waals surface area contributed by atoms with E-state index in [1.54, 1.807) is 0 Å². The number of carboxylic acid groups (broad SMARTS) is 1. The first-order valence-corrected chi connectivity index (χ1v) is 7.25. The van der Waals surface area contributed by atoms with Crippen molar-refractivity contribution in [3.63, 3.8) is 0 Å². The molecule has 0 bridgehead atoms. The molecule has 0 atom stereocenters. The first-order chi connectivity index (χ1) is 10.2. The molecule has 4 heteroatoms. The van der Waals surface area contributed by atoms with E-state index in [4.69, 9.17) is 9.84 Å². The van der Waals surface area contributed by atoms with Gasteiger partial charge in [-0.15, -0.1) is 0 Å². The molecule has 0 unspecified atom stereocenters. The summed E-state index contributed by atoms with van der Waals surface area (Å²) in [5, 5.41) is 11.1. The van der Waals surface area contributed by atoms with Crippen molar-refractivity contribution < 1.29 is 14.6 Å². The summed E-state index contributed by atoms with van der Waals surface area (Å²) >= 11 is 0. The Bertz CT molecular complexity index is 592. The summed E-state index contributed by atoms with van der Waals surface area (Å²) in [5.41, 5.74) is 0. The van der Waals surface area contributed by atoms with Crippen LogP contribution in [-0.4, -0.2) is 42.2 Å². The van der Waals surface area contributed by atoms with Crippen LogP contribution in [0.2, 0.25) is 0 Å². The topological polar surface area (TPSA) is 49.8 Å². The average Bonchev–Trinajstić information content (AvgIpc) is 2.47. The first-order valence-electron chi connectivity index (χ1n) is 7.25. The van der Waals surface area contributed by atoms with Gasteiger partial charge in [-0.1, -0.05) is 43.3 Å². The van der Waals surface area contributed by atoms with E-state index in [-0.39, 0.29) is 6.54 Å². The maximum absolute atomic E-state index is 10.8. The van der Waals surface area contributed by atoms with E-state index < -0.39 is 5.97 Å². The van der Waals surface area contributed by atoms with Gasteiger partial charge in [0.2, 0.25) is 0 Å². The highest BCUT2D eigenvalue weighted by atomic mass is 16.5. The number of hydrogen-bond acceptors (Lipinski definition) is 3. The average molecular weight is 287 g/mol. The van der Waals surface area contributed by atoms with Crippen LogP contribution in [0.15, 0.2) is 42.5 Å². The second-order valence-electron chi connectivity index (χ2n) is 5.00. The molecule has 21 heavy (non-hydrogen) atoms. The zero-order chi connectivity index (χ0) is 15.1. The summed E-state index contributed by atoms with van der Waals surface area (Å²) in [7, 11) is 0. The maximum Gasteiger partial charge on any atom is 0.317 e. The van der Waals surface area contributed by atoms with Crippen molar-refractivity contribution in [1.82, 2.24) is 4.90 Å². The number of rotatable bonds is 8. The lowest BCUT2D eigenvalue weighted by molar-refractivity contribution is -0.138. The number of ether oxygens (including phenoxy) is 1. The van der Waals surface area contributed by atoms with Crippen LogP contribution in [0, 0.1) is 0 Å². The highest BCUT2D eigenvalue weighted by molar-refractivity contribution is 5.88. The minimum atomic E-state index is -0.798. The third kappa shape index (κ3) is 4.46. The Labute approximate surface area is 124 Å². The van der Waals surface area contributed by atoms with Crippen molar-refractivity contribution >= 4 is 16.7 Å². The summed E-state index contributed by atoms with van der Waals surface area (Å²) in [5.74, 6) is 0.0495. The summed E-state index contributed by atoms with van der Waals surface area (Å²) in [6.07, 6.45) is 0.932. The largest absolute Gasteiger partial charge is 0.492 e. The van der Waals surface area contributed by atoms with E-state index in [2.05, 4.69) is 12.1 Å². The van der Waals surface area contributed by atoms with Crippen LogP contribution in [0.25, 0.3) is 10.8 Å². The molecule has 2 aromatic rings. The Morgan fingerprint density at radius 3 is 2.67 bits per heavy atom. The molecule has 0 saturated heterocycles. The molecule has 0 amide bonds. The summed E-state index contributed by atoms with van der Waals surface area (Å²) in [6.45, 7) is 3.98. The molecular weight excluding hydrogens is 266 g/mol. The van der Waals surface area contributed by atoms with Gasteiger partial charge in [0.25, 0.3) is 0 Å². The highest BCUT2D eigenvalue weighted by Crippen LogP contribution is 2.24. The molecule has 2 aromatic carbocycles. The van der Waals surface area contributed by atoms with Crippen molar-refractivity contribution in [3.05, 3.63) is 42.5 Å². The van der Waals surface area contributed by atoms with E-state index in [1.807, 2.05) is 42.2 Å². The molecule has 112 valence electrons. The Hall–Kier alpha value is -2.07. The van der Waals surface area contributed by atoms with Gasteiger partial charge in [-0.3, -0.25) is 9.69 Å². The fraction of sp³-hybridized carbons (Fsp3) is 0.353. The molecule has 0 radical (unpaired) electrons. The van der Waals surface area contributed by atoms with Crippen molar-refractivity contribution in [3.8, 4) is 5.75 Å². The normalized spacial score (nSPS) is 11.0. The predicted molar refractivity (Wildman–Crippen MR) is 83.8 cm³/mol. The van der Waals surface area contributed by atoms with Crippen LogP contribution in [0.5, 0.6) is 5.75 Å². The molecule has 0 heterocycles. The van der Waals surface area contributed by atoms with Gasteiger partial charge in [0, 0.05) is 11.9 Å². The third-order valence-electron chi connectivity index (χ3n) is 3.31. The Balaban J connectivity index is 1.96. The van der Waals surface area contributed by atoms with Crippen molar-refractivity contribution in [1.29, 1.82) is 0 Å². The van der Waals surface area contributed by atoms with Crippen LogP contribution in [0.4, 0.5) is 0 Å². The van der Waals surface area contributed by atoms with Gasteiger partial charge in [-0.2, -0.15) is 0 Å². The zero-order valence-corrected chi connectivity index (χ0v) is 12.3. The summed E-state index contributed by atoms with van der Waals surface area (Å²) in [4.78, 5) is 12.7. The molecule has 0 aromatic heterocycles. The smallest absolute Gasteiger partial charge is 0.317 e. The van der Waals surface area contributed by atoms with E-state index in [9.17, 15) is 4.79 Å². The third-order valence-corrected chi connectivity index (χ3v) is 3.31. The number of nitrogens with zero attached hydrogens (tertiary/aromatic N) is 1. The monoisotopic (exact) mass is 287 g/mol. The fourth-order valence-electron chi connectivity index (χ4n) is 2.38. The molecule has 0 fully saturated rings. The molecular formula is C17H21NO3. The molecule has 4 nitrogen and oxygen atoms in total. The standard InChI is InChI=1S/C17H21NO3/c1-2-10-18(13-17(19)20)11-12-21-16-9-5-7-14-6-3-4-8-15(14)16/h3-9H,2,10-13H2,1H3,(H,19,20). The Morgan fingerprint density at radius 1 is 1.14 bits per heavy atom. The fourth-order valence-corrected chi connectivity index (χ4v) is 2.38. The second-order valence-corrected chi connectivity index (χ2v) is 5.00. The van der Waals surface area contributed by atoms with Gasteiger partial charge in [0.1, 0.15) is 12.4 Å². The van der Waals surface area contributed by atoms with Crippen molar-refractivity contribution in [2.45, 2.75) is 13.3 Å². The summed E-state index contributed by atoms with van der Waals surface area (Å²) < 4.78 is 5.84. The van der Waals surface area contributed by atoms with Crippen LogP contribution in [0.1, 0.15) is 13.3 Å². The van der Waals surface area contributed by atoms with Crippen LogP contribution < -0.4 is 4.74 Å². The van der Waals surface area contributed by atoms with Gasteiger partial charge >= 0.3 is 5.97 Å². The van der Waals surface area contributed by atoms with Gasteiger partial charge in [0.05, 0.1) is 6.54 Å². The molecule has 0 saturated carbocycles. The molecule has 0 spiro atoms. The van der Waals surface area contributed by atoms with Crippen molar-refractivity contribution in [2.24, 2.45) is 0 Å². The highest BCUT2D eigenvalue weighted by Gasteiger charge is 2.09. The lowest BCUT2D eigenvalue weighted by atomic mass is 10.1. The molecule has 0 aliphatic heterocycles. The summed E-state index contributed by atoms with van der Waals surface area (Å²) in [6, 6.07) is 14.0. The Kier molecular flexibility index (Phi) is 5.58. The lowest BCUT2D eigenvalue weighted by Gasteiger charge is -2.19. The molecule has 1 N–H and O–H groups in total. The van der Waals surface area contributed by atoms with E-state index in [0.717, 1.165) is 29.5 Å². The molecule has 2 rings (SSSR count). The Morgan fingerprint density at radius 2 is 1.90 bits per heavy atom. The second kappa shape index (κ2) is 7.64. The number of hydrogen-bond donors (Lipinski definition) is 1. The minimum Gasteiger partial charge on any atom is -0.492 e. The quantitative estimate of drug-likeness (QED) is 0.811. The number of carbonyl (C=O) groups is 1. The van der Waals surface area contributed by atoms with Gasteiger partial charge < -0.3 is 9.84 Å². The van der Waals surface area contributed by atoms with E-state index in [0.29, 0.717) is 13.2 Å². The number of benzene rings is 2. The zero-order valence-electron chi connectivity index (χ0n) is 12.3. The molecule has 0 aliphatic carbocycles. The number of fused-ring (bicyclic) bond motifs is 1. The van der Waals surface area contributed by atoms with E-state index >= 15 is 0 Å². The SMILES string of the molecule is CCCN(CCOc1cccc2ccccc12)CC(=O)O. The van der Waals surface area contributed by atoms with Gasteiger partial charge in [-0.05, 0) is 24.4 Å². The minimum absolute atomic E-state index is 0.0622. The van der Waals surface area contributed by atoms with Crippen LogP contribution in [0.3, 0.4) is 0 Å². The maximum atomic E-state index is 10.8. The number of carboxylic acids is 1. The van der Waals surface area contributed by atoms with Gasteiger partial charge in [-0.25, -0.2) is 0 Å².